The number of carboxylic acid groups (broad SMARTS) is 1. The van der Waals surface area contributed by atoms with E-state index in [1.165, 1.54) is 11.3 Å². The number of aliphatic hydroxyl groups excluding tert-OH is 1. The van der Waals surface area contributed by atoms with Crippen molar-refractivity contribution in [2.75, 3.05) is 6.54 Å². The average Bonchev–Trinajstić information content (AvgIpc) is 3.34. The number of carbonyl (C=O) groups is 3. The van der Waals surface area contributed by atoms with Gasteiger partial charge >= 0.3 is 5.97 Å². The SMILES string of the molecule is O=C(NC[C@H](NC(=O)c1c(Cl)cc(CCC(O)c2cccc(Cl)c2)cc1Cl)C(=O)O)c1cccs1. The first-order valence-electron chi connectivity index (χ1n) is 10.4. The van der Waals surface area contributed by atoms with Crippen LogP contribution in [0.15, 0.2) is 53.9 Å². The topological polar surface area (TPSA) is 116 Å². The van der Waals surface area contributed by atoms with Gasteiger partial charge in [0.05, 0.1) is 26.6 Å². The highest BCUT2D eigenvalue weighted by Gasteiger charge is 2.25. The van der Waals surface area contributed by atoms with E-state index in [-0.39, 0.29) is 22.2 Å². The first kappa shape index (κ1) is 27.0. The highest BCUT2D eigenvalue weighted by atomic mass is 35.5. The number of rotatable bonds is 10. The van der Waals surface area contributed by atoms with Crippen molar-refractivity contribution in [1.29, 1.82) is 0 Å². The molecule has 0 radical (unpaired) electrons. The summed E-state index contributed by atoms with van der Waals surface area (Å²) in [6.45, 7) is -0.327. The van der Waals surface area contributed by atoms with Gasteiger partial charge in [-0.2, -0.15) is 0 Å². The molecule has 0 aliphatic carbocycles. The van der Waals surface area contributed by atoms with Crippen molar-refractivity contribution in [3.63, 3.8) is 0 Å². The number of aliphatic hydroxyl groups is 1. The maximum absolute atomic E-state index is 12.8. The lowest BCUT2D eigenvalue weighted by Crippen LogP contribution is -2.48. The van der Waals surface area contributed by atoms with Crippen LogP contribution in [-0.4, -0.2) is 40.6 Å². The smallest absolute Gasteiger partial charge is 0.328 e. The predicted molar refractivity (Wildman–Crippen MR) is 137 cm³/mol. The third-order valence-corrected chi connectivity index (χ3v) is 6.78. The monoisotopic (exact) mass is 554 g/mol. The first-order valence-corrected chi connectivity index (χ1v) is 12.4. The zero-order chi connectivity index (χ0) is 25.5. The van der Waals surface area contributed by atoms with Crippen molar-refractivity contribution in [2.45, 2.75) is 25.0 Å². The predicted octanol–water partition coefficient (Wildman–Crippen LogP) is 4.99. The van der Waals surface area contributed by atoms with Gasteiger partial charge < -0.3 is 20.8 Å². The van der Waals surface area contributed by atoms with E-state index in [9.17, 15) is 24.6 Å². The molecule has 2 aromatic carbocycles. The molecule has 35 heavy (non-hydrogen) atoms. The van der Waals surface area contributed by atoms with E-state index in [0.29, 0.717) is 33.9 Å². The van der Waals surface area contributed by atoms with Crippen LogP contribution in [0.1, 0.15) is 43.7 Å². The Bertz CT molecular complexity index is 1200. The Morgan fingerprint density at radius 2 is 1.69 bits per heavy atom. The third-order valence-electron chi connectivity index (χ3n) is 5.08. The number of carbonyl (C=O) groups excluding carboxylic acids is 2. The fraction of sp³-hybridized carbons (Fsp3) is 0.208. The number of thiophene rings is 1. The van der Waals surface area contributed by atoms with Gasteiger partial charge in [-0.3, -0.25) is 9.59 Å². The Kier molecular flexibility index (Phi) is 9.54. The molecular formula is C24H21Cl3N2O5S. The second-order valence-corrected chi connectivity index (χ2v) is 9.79. The molecule has 184 valence electrons. The summed E-state index contributed by atoms with van der Waals surface area (Å²) < 4.78 is 0. The summed E-state index contributed by atoms with van der Waals surface area (Å²) in [5.74, 6) is -2.56. The van der Waals surface area contributed by atoms with Crippen LogP contribution in [0.3, 0.4) is 0 Å². The van der Waals surface area contributed by atoms with Gasteiger partial charge in [0.1, 0.15) is 6.04 Å². The van der Waals surface area contributed by atoms with Gasteiger partial charge in [-0.1, -0.05) is 53.0 Å². The van der Waals surface area contributed by atoms with Gasteiger partial charge in [0.15, 0.2) is 0 Å². The minimum Gasteiger partial charge on any atom is -0.480 e. The van der Waals surface area contributed by atoms with Crippen LogP contribution in [0.2, 0.25) is 15.1 Å². The molecule has 2 atom stereocenters. The summed E-state index contributed by atoms with van der Waals surface area (Å²) in [6, 6.07) is 11.9. The molecule has 2 amide bonds. The second kappa shape index (κ2) is 12.4. The summed E-state index contributed by atoms with van der Waals surface area (Å²) in [5, 5.41) is 27.0. The van der Waals surface area contributed by atoms with Crippen molar-refractivity contribution < 1.29 is 24.6 Å². The summed E-state index contributed by atoms with van der Waals surface area (Å²) in [6.07, 6.45) is 0.0281. The van der Waals surface area contributed by atoms with Crippen LogP contribution in [-0.2, 0) is 11.2 Å². The molecule has 11 heteroatoms. The lowest BCUT2D eigenvalue weighted by molar-refractivity contribution is -0.139. The van der Waals surface area contributed by atoms with Gasteiger partial charge in [-0.25, -0.2) is 4.79 Å². The number of aryl methyl sites for hydroxylation is 1. The molecule has 1 heterocycles. The zero-order valence-electron chi connectivity index (χ0n) is 18.1. The van der Waals surface area contributed by atoms with Crippen molar-refractivity contribution in [3.05, 3.63) is 90.5 Å². The van der Waals surface area contributed by atoms with Crippen LogP contribution in [0, 0.1) is 0 Å². The van der Waals surface area contributed by atoms with E-state index < -0.39 is 29.9 Å². The molecule has 0 fully saturated rings. The Hall–Kier alpha value is -2.62. The lowest BCUT2D eigenvalue weighted by atomic mass is 10.0. The summed E-state index contributed by atoms with van der Waals surface area (Å²) in [7, 11) is 0. The maximum Gasteiger partial charge on any atom is 0.328 e. The van der Waals surface area contributed by atoms with E-state index in [0.717, 1.165) is 0 Å². The molecule has 1 aromatic heterocycles. The van der Waals surface area contributed by atoms with E-state index in [4.69, 9.17) is 34.8 Å². The van der Waals surface area contributed by atoms with Gasteiger partial charge in [0, 0.05) is 11.6 Å². The normalized spacial score (nSPS) is 12.6. The lowest BCUT2D eigenvalue weighted by Gasteiger charge is -2.17. The Labute approximate surface area is 220 Å². The molecule has 4 N–H and O–H groups in total. The second-order valence-electron chi connectivity index (χ2n) is 7.60. The number of carboxylic acids is 1. The summed E-state index contributed by atoms with van der Waals surface area (Å²) in [5.41, 5.74) is 1.29. The minimum atomic E-state index is -1.40. The van der Waals surface area contributed by atoms with E-state index in [2.05, 4.69) is 10.6 Å². The number of halogens is 3. The van der Waals surface area contributed by atoms with Crippen LogP contribution >= 0.6 is 46.1 Å². The molecule has 0 spiro atoms. The zero-order valence-corrected chi connectivity index (χ0v) is 21.2. The highest BCUT2D eigenvalue weighted by molar-refractivity contribution is 7.12. The van der Waals surface area contributed by atoms with Gasteiger partial charge in [-0.05, 0) is 59.7 Å². The molecule has 0 saturated heterocycles. The Balaban J connectivity index is 1.64. The Morgan fingerprint density at radius 3 is 2.29 bits per heavy atom. The molecule has 0 bridgehead atoms. The average molecular weight is 556 g/mol. The molecule has 7 nitrogen and oxygen atoms in total. The number of hydrogen-bond acceptors (Lipinski definition) is 5. The number of benzene rings is 2. The number of amides is 2. The Morgan fingerprint density at radius 1 is 0.971 bits per heavy atom. The fourth-order valence-electron chi connectivity index (χ4n) is 3.29. The third kappa shape index (κ3) is 7.43. The van der Waals surface area contributed by atoms with Crippen LogP contribution in [0.5, 0.6) is 0 Å². The minimum absolute atomic E-state index is 0.0361. The van der Waals surface area contributed by atoms with Crippen LogP contribution in [0.25, 0.3) is 0 Å². The first-order chi connectivity index (χ1) is 16.7. The maximum atomic E-state index is 12.8. The summed E-state index contributed by atoms with van der Waals surface area (Å²) in [4.78, 5) is 36.9. The highest BCUT2D eigenvalue weighted by Crippen LogP contribution is 2.29. The largest absolute Gasteiger partial charge is 0.480 e. The molecule has 3 aromatic rings. The standard InChI is InChI=1S/C24H21Cl3N2O5S/c25-15-4-1-3-14(11-15)19(30)7-6-13-9-16(26)21(17(27)10-13)23(32)29-18(24(33)34)12-28-22(31)20-5-2-8-35-20/h1-5,8-11,18-19,30H,6-7,12H2,(H,28,31)(H,29,32)(H,33,34)/t18-,19?/m0/s1. The number of hydrogen-bond donors (Lipinski definition) is 4. The van der Waals surface area contributed by atoms with Crippen LogP contribution < -0.4 is 10.6 Å². The molecule has 1 unspecified atom stereocenters. The van der Waals surface area contributed by atoms with Crippen molar-refractivity contribution in [2.24, 2.45) is 0 Å². The summed E-state index contributed by atoms with van der Waals surface area (Å²) >= 11 is 19.8. The molecule has 0 aliphatic rings. The number of aliphatic carboxylic acids is 1. The van der Waals surface area contributed by atoms with Gasteiger partial charge in [0.2, 0.25) is 0 Å². The van der Waals surface area contributed by atoms with Gasteiger partial charge in [-0.15, -0.1) is 11.3 Å². The number of nitrogens with one attached hydrogen (secondary N) is 2. The fourth-order valence-corrected chi connectivity index (χ4v) is 4.83. The molecule has 3 rings (SSSR count). The van der Waals surface area contributed by atoms with Crippen molar-refractivity contribution >= 4 is 63.9 Å². The van der Waals surface area contributed by atoms with Crippen LogP contribution in [0.4, 0.5) is 0 Å². The van der Waals surface area contributed by atoms with Crippen molar-refractivity contribution in [1.82, 2.24) is 10.6 Å². The molecule has 0 saturated carbocycles. The quantitative estimate of drug-likeness (QED) is 0.281. The van der Waals surface area contributed by atoms with Crippen molar-refractivity contribution in [3.8, 4) is 0 Å². The van der Waals surface area contributed by atoms with E-state index in [1.807, 2.05) is 0 Å². The molecular weight excluding hydrogens is 535 g/mol. The van der Waals surface area contributed by atoms with E-state index in [1.54, 1.807) is 53.9 Å². The van der Waals surface area contributed by atoms with E-state index >= 15 is 0 Å². The molecule has 0 aliphatic heterocycles. The van der Waals surface area contributed by atoms with Gasteiger partial charge in [0.25, 0.3) is 11.8 Å².